The zero-order valence-corrected chi connectivity index (χ0v) is 9.13. The molecule has 0 aromatic rings. The molecule has 3 unspecified atom stereocenters. The lowest BCUT2D eigenvalue weighted by atomic mass is 9.96. The van der Waals surface area contributed by atoms with Crippen LogP contribution in [-0.4, -0.2) is 25.0 Å². The summed E-state index contributed by atoms with van der Waals surface area (Å²) in [5, 5.41) is 0. The van der Waals surface area contributed by atoms with Gasteiger partial charge in [-0.2, -0.15) is 0 Å². The van der Waals surface area contributed by atoms with E-state index in [1.807, 2.05) is 0 Å². The van der Waals surface area contributed by atoms with Gasteiger partial charge in [-0.05, 0) is 50.6 Å². The number of hydrogen-bond acceptors (Lipinski definition) is 1. The van der Waals surface area contributed by atoms with E-state index in [1.54, 1.807) is 0 Å². The molecular formula is C12H23N. The molecule has 1 nitrogen and oxygen atoms in total. The van der Waals surface area contributed by atoms with Gasteiger partial charge in [-0.15, -0.1) is 0 Å². The van der Waals surface area contributed by atoms with Crippen molar-refractivity contribution in [1.82, 2.24) is 4.90 Å². The summed E-state index contributed by atoms with van der Waals surface area (Å²) in [5.74, 6) is 3.15. The molecule has 76 valence electrons. The number of nitrogens with zero attached hydrogens (tertiary/aromatic N) is 1. The van der Waals surface area contributed by atoms with E-state index in [9.17, 15) is 0 Å². The molecule has 2 rings (SSSR count). The van der Waals surface area contributed by atoms with Gasteiger partial charge in [0.05, 0.1) is 0 Å². The highest BCUT2D eigenvalue weighted by Crippen LogP contribution is 2.44. The Morgan fingerprint density at radius 2 is 1.92 bits per heavy atom. The third-order valence-corrected chi connectivity index (χ3v) is 3.81. The fourth-order valence-corrected chi connectivity index (χ4v) is 2.82. The third-order valence-electron chi connectivity index (χ3n) is 3.81. The van der Waals surface area contributed by atoms with Crippen molar-refractivity contribution < 1.29 is 0 Å². The molecule has 0 aromatic carbocycles. The molecule has 0 radical (unpaired) electrons. The van der Waals surface area contributed by atoms with Gasteiger partial charge in [0.1, 0.15) is 0 Å². The van der Waals surface area contributed by atoms with E-state index >= 15 is 0 Å². The second-order valence-corrected chi connectivity index (χ2v) is 5.35. The minimum atomic E-state index is 0.999. The standard InChI is InChI=1S/C12H23N/c1-10-5-3-4-6-13(2)9-12-8-11(12)7-10/h10-12H,3-9H2,1-2H3. The van der Waals surface area contributed by atoms with E-state index in [-0.39, 0.29) is 0 Å². The van der Waals surface area contributed by atoms with Gasteiger partial charge in [0.15, 0.2) is 0 Å². The van der Waals surface area contributed by atoms with Crippen LogP contribution >= 0.6 is 0 Å². The number of rotatable bonds is 0. The van der Waals surface area contributed by atoms with Crippen molar-refractivity contribution in [3.8, 4) is 0 Å². The molecule has 2 fully saturated rings. The molecule has 0 spiro atoms. The van der Waals surface area contributed by atoms with Crippen molar-refractivity contribution in [2.45, 2.75) is 39.0 Å². The monoisotopic (exact) mass is 181 g/mol. The first kappa shape index (κ1) is 9.51. The van der Waals surface area contributed by atoms with Crippen LogP contribution in [0.15, 0.2) is 0 Å². The third kappa shape index (κ3) is 2.70. The Hall–Kier alpha value is -0.0400. The second-order valence-electron chi connectivity index (χ2n) is 5.35. The van der Waals surface area contributed by atoms with Crippen molar-refractivity contribution in [2.24, 2.45) is 17.8 Å². The van der Waals surface area contributed by atoms with Crippen molar-refractivity contribution in [1.29, 1.82) is 0 Å². The molecule has 1 heteroatoms. The number of fused-ring (bicyclic) bond motifs is 1. The van der Waals surface area contributed by atoms with Gasteiger partial charge in [0.25, 0.3) is 0 Å². The average molecular weight is 181 g/mol. The fourth-order valence-electron chi connectivity index (χ4n) is 2.82. The first-order valence-electron chi connectivity index (χ1n) is 5.94. The second kappa shape index (κ2) is 4.00. The van der Waals surface area contributed by atoms with Crippen molar-refractivity contribution in [2.75, 3.05) is 20.1 Å². The topological polar surface area (TPSA) is 3.24 Å². The van der Waals surface area contributed by atoms with E-state index in [0.29, 0.717) is 0 Å². The smallest absolute Gasteiger partial charge is 0.000936 e. The highest BCUT2D eigenvalue weighted by atomic mass is 15.1. The predicted molar refractivity (Wildman–Crippen MR) is 56.7 cm³/mol. The lowest BCUT2D eigenvalue weighted by Crippen LogP contribution is -2.23. The van der Waals surface area contributed by atoms with Crippen LogP contribution in [0, 0.1) is 17.8 Å². The van der Waals surface area contributed by atoms with Crippen LogP contribution in [0.2, 0.25) is 0 Å². The highest BCUT2D eigenvalue weighted by Gasteiger charge is 2.38. The van der Waals surface area contributed by atoms with Crippen LogP contribution in [0.25, 0.3) is 0 Å². The summed E-state index contributed by atoms with van der Waals surface area (Å²) >= 11 is 0. The van der Waals surface area contributed by atoms with Crippen LogP contribution < -0.4 is 0 Å². The Balaban J connectivity index is 1.83. The van der Waals surface area contributed by atoms with E-state index in [4.69, 9.17) is 0 Å². The van der Waals surface area contributed by atoms with Crippen molar-refractivity contribution >= 4 is 0 Å². The quantitative estimate of drug-likeness (QED) is 0.555. The van der Waals surface area contributed by atoms with E-state index in [1.165, 1.54) is 45.2 Å². The molecule has 0 N–H and O–H groups in total. The highest BCUT2D eigenvalue weighted by molar-refractivity contribution is 4.89. The van der Waals surface area contributed by atoms with E-state index in [2.05, 4.69) is 18.9 Å². The lowest BCUT2D eigenvalue weighted by molar-refractivity contribution is 0.283. The maximum absolute atomic E-state index is 2.54. The Morgan fingerprint density at radius 1 is 1.08 bits per heavy atom. The van der Waals surface area contributed by atoms with Gasteiger partial charge >= 0.3 is 0 Å². The molecule has 1 aliphatic heterocycles. The summed E-state index contributed by atoms with van der Waals surface area (Å²) in [4.78, 5) is 2.54. The predicted octanol–water partition coefficient (Wildman–Crippen LogP) is 2.76. The Kier molecular flexibility index (Phi) is 2.92. The van der Waals surface area contributed by atoms with Crippen LogP contribution in [0.5, 0.6) is 0 Å². The Bertz CT molecular complexity index is 149. The molecule has 0 bridgehead atoms. The fraction of sp³-hybridized carbons (Fsp3) is 1.00. The molecule has 3 atom stereocenters. The lowest BCUT2D eigenvalue weighted by Gasteiger charge is -2.19. The van der Waals surface area contributed by atoms with Crippen LogP contribution in [-0.2, 0) is 0 Å². The van der Waals surface area contributed by atoms with Crippen molar-refractivity contribution in [3.05, 3.63) is 0 Å². The molecule has 0 aromatic heterocycles. The maximum Gasteiger partial charge on any atom is 0.000936 e. The normalized spacial score (nSPS) is 42.5. The zero-order chi connectivity index (χ0) is 9.26. The summed E-state index contributed by atoms with van der Waals surface area (Å²) in [6.45, 7) is 5.15. The molecule has 0 amide bonds. The Morgan fingerprint density at radius 3 is 2.77 bits per heavy atom. The minimum absolute atomic E-state index is 0.999. The molecule has 2 aliphatic rings. The molecule has 1 saturated heterocycles. The van der Waals surface area contributed by atoms with Crippen LogP contribution in [0.4, 0.5) is 0 Å². The van der Waals surface area contributed by atoms with Gasteiger partial charge in [-0.3, -0.25) is 0 Å². The average Bonchev–Trinajstić information content (AvgIpc) is 2.77. The van der Waals surface area contributed by atoms with Gasteiger partial charge < -0.3 is 4.90 Å². The first-order valence-corrected chi connectivity index (χ1v) is 5.94. The summed E-state index contributed by atoms with van der Waals surface area (Å²) in [6.07, 6.45) is 7.37. The van der Waals surface area contributed by atoms with Gasteiger partial charge in [-0.25, -0.2) is 0 Å². The number of hydrogen-bond donors (Lipinski definition) is 0. The molecule has 1 saturated carbocycles. The van der Waals surface area contributed by atoms with Gasteiger partial charge in [0, 0.05) is 6.54 Å². The summed E-state index contributed by atoms with van der Waals surface area (Å²) in [5.41, 5.74) is 0. The molecule has 1 heterocycles. The largest absolute Gasteiger partial charge is 0.306 e. The summed E-state index contributed by atoms with van der Waals surface area (Å²) < 4.78 is 0. The Labute approximate surface area is 82.5 Å². The zero-order valence-electron chi connectivity index (χ0n) is 9.13. The first-order chi connectivity index (χ1) is 6.25. The van der Waals surface area contributed by atoms with Gasteiger partial charge in [0.2, 0.25) is 0 Å². The van der Waals surface area contributed by atoms with Crippen LogP contribution in [0.3, 0.4) is 0 Å². The summed E-state index contributed by atoms with van der Waals surface area (Å²) in [7, 11) is 2.29. The van der Waals surface area contributed by atoms with E-state index < -0.39 is 0 Å². The minimum Gasteiger partial charge on any atom is -0.306 e. The van der Waals surface area contributed by atoms with Crippen LogP contribution in [0.1, 0.15) is 39.0 Å². The SMILES string of the molecule is CC1CCCCN(C)CC2CC2C1. The summed E-state index contributed by atoms with van der Waals surface area (Å²) in [6, 6.07) is 0. The van der Waals surface area contributed by atoms with Crippen molar-refractivity contribution in [3.63, 3.8) is 0 Å². The van der Waals surface area contributed by atoms with Gasteiger partial charge in [-0.1, -0.05) is 19.8 Å². The molecular weight excluding hydrogens is 158 g/mol. The molecule has 13 heavy (non-hydrogen) atoms. The molecule has 1 aliphatic carbocycles. The van der Waals surface area contributed by atoms with E-state index in [0.717, 1.165) is 17.8 Å². The maximum atomic E-state index is 2.54.